The molecule has 0 aliphatic carbocycles. The zero-order valence-electron chi connectivity index (χ0n) is 17.3. The Morgan fingerprint density at radius 2 is 1.82 bits per heavy atom. The zero-order valence-corrected chi connectivity index (χ0v) is 17.3. The number of benzene rings is 2. The molecule has 1 heterocycles. The summed E-state index contributed by atoms with van der Waals surface area (Å²) in [5.41, 5.74) is 4.08. The monoisotopic (exact) mass is 379 g/mol. The van der Waals surface area contributed by atoms with Gasteiger partial charge < -0.3 is 14.6 Å². The van der Waals surface area contributed by atoms with Crippen molar-refractivity contribution >= 4 is 10.9 Å². The van der Waals surface area contributed by atoms with E-state index in [9.17, 15) is 4.79 Å². The Morgan fingerprint density at radius 3 is 2.50 bits per heavy atom. The summed E-state index contributed by atoms with van der Waals surface area (Å²) in [6.07, 6.45) is 0. The molecule has 0 saturated carbocycles. The molecule has 2 aromatic carbocycles. The van der Waals surface area contributed by atoms with Gasteiger partial charge in [-0.1, -0.05) is 44.2 Å². The van der Waals surface area contributed by atoms with Gasteiger partial charge in [-0.3, -0.25) is 4.79 Å². The predicted octanol–water partition coefficient (Wildman–Crippen LogP) is 3.48. The van der Waals surface area contributed by atoms with Crippen molar-refractivity contribution in [1.82, 2.24) is 4.98 Å². The van der Waals surface area contributed by atoms with Crippen LogP contribution < -0.4 is 15.1 Å². The molecule has 1 aromatic heterocycles. The highest BCUT2D eigenvalue weighted by Gasteiger charge is 2.16. The zero-order chi connectivity index (χ0) is 20.1. The van der Waals surface area contributed by atoms with Gasteiger partial charge in [-0.25, -0.2) is 0 Å². The Bertz CT molecular complexity index is 977. The van der Waals surface area contributed by atoms with Gasteiger partial charge in [0.15, 0.2) is 5.43 Å². The van der Waals surface area contributed by atoms with E-state index in [1.807, 2.05) is 31.2 Å². The molecule has 148 valence electrons. The van der Waals surface area contributed by atoms with Crippen molar-refractivity contribution in [3.8, 4) is 5.75 Å². The first kappa shape index (κ1) is 20.2. The molecular weight excluding hydrogens is 348 g/mol. The van der Waals surface area contributed by atoms with Crippen LogP contribution in [0.5, 0.6) is 5.75 Å². The normalized spacial score (nSPS) is 12.5. The van der Waals surface area contributed by atoms with Gasteiger partial charge >= 0.3 is 0 Å². The van der Waals surface area contributed by atoms with E-state index in [4.69, 9.17) is 4.74 Å². The number of H-pyrrole nitrogens is 1. The number of hydrogen-bond donors (Lipinski definition) is 2. The van der Waals surface area contributed by atoms with E-state index >= 15 is 0 Å². The second kappa shape index (κ2) is 9.07. The van der Waals surface area contributed by atoms with Crippen molar-refractivity contribution in [2.24, 2.45) is 5.92 Å². The number of aromatic amines is 1. The van der Waals surface area contributed by atoms with Crippen molar-refractivity contribution < 1.29 is 9.64 Å². The molecule has 28 heavy (non-hydrogen) atoms. The molecule has 0 spiro atoms. The van der Waals surface area contributed by atoms with Crippen LogP contribution in [0.3, 0.4) is 0 Å². The van der Waals surface area contributed by atoms with Gasteiger partial charge in [-0.2, -0.15) is 0 Å². The van der Waals surface area contributed by atoms with Crippen LogP contribution in [-0.4, -0.2) is 18.1 Å². The number of quaternary nitrogens is 1. The number of rotatable bonds is 8. The van der Waals surface area contributed by atoms with Gasteiger partial charge in [0.25, 0.3) is 0 Å². The maximum atomic E-state index is 13.3. The second-order valence-corrected chi connectivity index (χ2v) is 7.91. The first-order valence-electron chi connectivity index (χ1n) is 10.1. The van der Waals surface area contributed by atoms with Gasteiger partial charge in [0.05, 0.1) is 18.7 Å². The summed E-state index contributed by atoms with van der Waals surface area (Å²) in [7, 11) is 0. The average molecular weight is 380 g/mol. The molecule has 1 atom stereocenters. The lowest BCUT2D eigenvalue weighted by Crippen LogP contribution is -3.09. The Morgan fingerprint density at radius 1 is 1.07 bits per heavy atom. The van der Waals surface area contributed by atoms with Gasteiger partial charge in [0.1, 0.15) is 18.8 Å². The summed E-state index contributed by atoms with van der Waals surface area (Å²) in [6.45, 7) is 11.6. The smallest absolute Gasteiger partial charge is 0.198 e. The van der Waals surface area contributed by atoms with Gasteiger partial charge in [-0.05, 0) is 38.0 Å². The number of aryl methyl sites for hydroxylation is 1. The highest BCUT2D eigenvalue weighted by molar-refractivity contribution is 5.81. The fraction of sp³-hybridized carbons (Fsp3) is 0.375. The van der Waals surface area contributed by atoms with Crippen molar-refractivity contribution in [3.05, 3.63) is 75.6 Å². The van der Waals surface area contributed by atoms with Crippen LogP contribution in [0.25, 0.3) is 10.9 Å². The van der Waals surface area contributed by atoms with Crippen molar-refractivity contribution in [2.45, 2.75) is 40.8 Å². The molecule has 1 unspecified atom stereocenters. The fourth-order valence-electron chi connectivity index (χ4n) is 3.44. The van der Waals surface area contributed by atoms with E-state index in [0.29, 0.717) is 24.5 Å². The largest absolute Gasteiger partial charge is 0.493 e. The van der Waals surface area contributed by atoms with E-state index in [0.717, 1.165) is 35.6 Å². The number of hydrogen-bond acceptors (Lipinski definition) is 2. The van der Waals surface area contributed by atoms with Crippen LogP contribution in [0.15, 0.2) is 53.3 Å². The molecule has 0 fully saturated rings. The SMILES string of the molecule is CC[NH+](Cc1ccccc1)Cc1c(C)[nH]c2ccc(OCC(C)C)cc2c1=O. The Labute approximate surface area is 167 Å². The molecule has 3 rings (SSSR count). The predicted molar refractivity (Wildman–Crippen MR) is 115 cm³/mol. The molecular formula is C24H31N2O2+. The first-order valence-corrected chi connectivity index (χ1v) is 10.1. The summed E-state index contributed by atoms with van der Waals surface area (Å²) < 4.78 is 5.82. The summed E-state index contributed by atoms with van der Waals surface area (Å²) in [5.74, 6) is 1.20. The highest BCUT2D eigenvalue weighted by Crippen LogP contribution is 2.19. The van der Waals surface area contributed by atoms with Crippen LogP contribution in [0.2, 0.25) is 0 Å². The minimum Gasteiger partial charge on any atom is -0.493 e. The lowest BCUT2D eigenvalue weighted by molar-refractivity contribution is -0.925. The number of ether oxygens (including phenoxy) is 1. The summed E-state index contributed by atoms with van der Waals surface area (Å²) in [6, 6.07) is 16.2. The Kier molecular flexibility index (Phi) is 6.53. The molecule has 2 N–H and O–H groups in total. The van der Waals surface area contributed by atoms with Gasteiger partial charge in [-0.15, -0.1) is 0 Å². The Balaban J connectivity index is 1.89. The van der Waals surface area contributed by atoms with Gasteiger partial charge in [0, 0.05) is 22.2 Å². The van der Waals surface area contributed by atoms with Crippen molar-refractivity contribution in [2.75, 3.05) is 13.2 Å². The van der Waals surface area contributed by atoms with E-state index in [1.54, 1.807) is 0 Å². The topological polar surface area (TPSA) is 46.5 Å². The van der Waals surface area contributed by atoms with Crippen LogP contribution in [-0.2, 0) is 13.1 Å². The van der Waals surface area contributed by atoms with Crippen LogP contribution in [0.4, 0.5) is 0 Å². The summed E-state index contributed by atoms with van der Waals surface area (Å²) in [5, 5.41) is 0.706. The van der Waals surface area contributed by atoms with E-state index in [1.165, 1.54) is 10.5 Å². The lowest BCUT2D eigenvalue weighted by atomic mass is 10.1. The number of pyridine rings is 1. The molecule has 0 saturated heterocycles. The van der Waals surface area contributed by atoms with Crippen molar-refractivity contribution in [3.63, 3.8) is 0 Å². The van der Waals surface area contributed by atoms with Crippen molar-refractivity contribution in [1.29, 1.82) is 0 Å². The third-order valence-corrected chi connectivity index (χ3v) is 5.09. The average Bonchev–Trinajstić information content (AvgIpc) is 2.69. The van der Waals surface area contributed by atoms with Crippen LogP contribution >= 0.6 is 0 Å². The standard InChI is InChI=1S/C24H30N2O2/c1-5-26(14-19-9-7-6-8-10-19)15-22-18(4)25-23-12-11-20(28-16-17(2)3)13-21(23)24(22)27/h6-13,17H,5,14-16H2,1-4H3,(H,25,27)/p+1. The molecule has 0 radical (unpaired) electrons. The van der Waals surface area contributed by atoms with E-state index in [2.05, 4.69) is 50.0 Å². The summed E-state index contributed by atoms with van der Waals surface area (Å²) in [4.78, 5) is 18.0. The number of nitrogens with one attached hydrogen (secondary N) is 2. The molecule has 0 bridgehead atoms. The van der Waals surface area contributed by atoms with Crippen LogP contribution in [0, 0.1) is 12.8 Å². The molecule has 0 aliphatic rings. The highest BCUT2D eigenvalue weighted by atomic mass is 16.5. The molecule has 0 amide bonds. The molecule has 4 nitrogen and oxygen atoms in total. The fourth-order valence-corrected chi connectivity index (χ4v) is 3.44. The second-order valence-electron chi connectivity index (χ2n) is 7.91. The maximum Gasteiger partial charge on any atom is 0.198 e. The minimum atomic E-state index is 0.111. The Hall–Kier alpha value is -2.59. The quantitative estimate of drug-likeness (QED) is 0.629. The summed E-state index contributed by atoms with van der Waals surface area (Å²) >= 11 is 0. The number of fused-ring (bicyclic) bond motifs is 1. The third kappa shape index (κ3) is 4.82. The third-order valence-electron chi connectivity index (χ3n) is 5.09. The van der Waals surface area contributed by atoms with Crippen LogP contribution in [0.1, 0.15) is 37.6 Å². The van der Waals surface area contributed by atoms with E-state index < -0.39 is 0 Å². The minimum absolute atomic E-state index is 0.111. The molecule has 0 aliphatic heterocycles. The number of aromatic nitrogens is 1. The molecule has 3 aromatic rings. The van der Waals surface area contributed by atoms with E-state index in [-0.39, 0.29) is 5.43 Å². The molecule has 4 heteroatoms. The maximum absolute atomic E-state index is 13.3. The van der Waals surface area contributed by atoms with Gasteiger partial charge in [0.2, 0.25) is 0 Å². The lowest BCUT2D eigenvalue weighted by Gasteiger charge is -2.19. The first-order chi connectivity index (χ1) is 13.5.